The number of hydrogen-bond acceptors (Lipinski definition) is 9. The Labute approximate surface area is 238 Å². The van der Waals surface area contributed by atoms with Crippen molar-refractivity contribution >= 4 is 37.8 Å². The number of aromatic amines is 1. The molecular formula is C30H33N5O5S. The van der Waals surface area contributed by atoms with Gasteiger partial charge < -0.3 is 24.7 Å². The van der Waals surface area contributed by atoms with Gasteiger partial charge in [-0.1, -0.05) is 12.1 Å². The molecule has 0 atom stereocenters. The molecule has 2 saturated heterocycles. The number of aromatic nitrogens is 2. The summed E-state index contributed by atoms with van der Waals surface area (Å²) >= 11 is 0. The first-order valence-corrected chi connectivity index (χ1v) is 15.6. The Morgan fingerprint density at radius 3 is 2.34 bits per heavy atom. The lowest BCUT2D eigenvalue weighted by Gasteiger charge is -2.29. The lowest BCUT2D eigenvalue weighted by Crippen LogP contribution is -2.36. The smallest absolute Gasteiger partial charge is 0.259 e. The second-order valence-electron chi connectivity index (χ2n) is 10.4. The van der Waals surface area contributed by atoms with Gasteiger partial charge in [-0.05, 0) is 53.4 Å². The van der Waals surface area contributed by atoms with Gasteiger partial charge in [0.1, 0.15) is 5.82 Å². The van der Waals surface area contributed by atoms with Gasteiger partial charge >= 0.3 is 0 Å². The maximum Gasteiger partial charge on any atom is 0.259 e. The van der Waals surface area contributed by atoms with Gasteiger partial charge in [-0.2, -0.15) is 0 Å². The van der Waals surface area contributed by atoms with E-state index in [9.17, 15) is 13.2 Å². The largest absolute Gasteiger partial charge is 0.379 e. The van der Waals surface area contributed by atoms with Crippen molar-refractivity contribution in [2.24, 2.45) is 0 Å². The lowest BCUT2D eigenvalue weighted by atomic mass is 10.1. The van der Waals surface area contributed by atoms with Crippen LogP contribution in [0.2, 0.25) is 0 Å². The van der Waals surface area contributed by atoms with Crippen molar-refractivity contribution in [3.8, 4) is 11.3 Å². The Balaban J connectivity index is 1.36. The Morgan fingerprint density at radius 1 is 0.927 bits per heavy atom. The highest BCUT2D eigenvalue weighted by molar-refractivity contribution is 7.90. The minimum atomic E-state index is -3.50. The summed E-state index contributed by atoms with van der Waals surface area (Å²) in [5, 5.41) is 4.46. The lowest BCUT2D eigenvalue weighted by molar-refractivity contribution is 0.0338. The van der Waals surface area contributed by atoms with E-state index in [4.69, 9.17) is 14.5 Å². The first-order valence-electron chi connectivity index (χ1n) is 13.7. The molecule has 2 N–H and O–H groups in total. The number of morpholine rings is 2. The number of pyridine rings is 2. The predicted molar refractivity (Wildman–Crippen MR) is 160 cm³/mol. The molecule has 2 aliphatic heterocycles. The van der Waals surface area contributed by atoms with Gasteiger partial charge in [-0.25, -0.2) is 13.4 Å². The summed E-state index contributed by atoms with van der Waals surface area (Å²) in [7, 11) is -3.50. The molecule has 0 spiro atoms. The highest BCUT2D eigenvalue weighted by atomic mass is 32.2. The number of ether oxygens (including phenoxy) is 2. The van der Waals surface area contributed by atoms with Gasteiger partial charge in [-0.15, -0.1) is 0 Å². The fourth-order valence-corrected chi connectivity index (χ4v) is 6.31. The van der Waals surface area contributed by atoms with E-state index in [0.717, 1.165) is 43.1 Å². The molecule has 2 aliphatic rings. The first-order chi connectivity index (χ1) is 19.8. The van der Waals surface area contributed by atoms with E-state index in [2.05, 4.69) is 20.1 Å². The van der Waals surface area contributed by atoms with E-state index in [-0.39, 0.29) is 10.5 Å². The minimum Gasteiger partial charge on any atom is -0.379 e. The van der Waals surface area contributed by atoms with Crippen LogP contribution >= 0.6 is 0 Å². The molecule has 2 aromatic heterocycles. The fourth-order valence-electron chi connectivity index (χ4n) is 5.36. The van der Waals surface area contributed by atoms with Crippen molar-refractivity contribution in [2.75, 3.05) is 69.1 Å². The van der Waals surface area contributed by atoms with E-state index in [1.807, 2.05) is 48.5 Å². The third-order valence-corrected chi connectivity index (χ3v) is 8.70. The molecule has 214 valence electrons. The maximum absolute atomic E-state index is 12.9. The van der Waals surface area contributed by atoms with E-state index in [0.29, 0.717) is 60.8 Å². The number of benzene rings is 2. The van der Waals surface area contributed by atoms with Gasteiger partial charge in [0.2, 0.25) is 0 Å². The first kappa shape index (κ1) is 27.4. The van der Waals surface area contributed by atoms with Crippen molar-refractivity contribution in [1.29, 1.82) is 0 Å². The van der Waals surface area contributed by atoms with Crippen molar-refractivity contribution in [2.45, 2.75) is 11.4 Å². The minimum absolute atomic E-state index is 0.258. The van der Waals surface area contributed by atoms with E-state index >= 15 is 0 Å². The Hall–Kier alpha value is -3.77. The Kier molecular flexibility index (Phi) is 7.76. The summed E-state index contributed by atoms with van der Waals surface area (Å²) < 4.78 is 36.6. The van der Waals surface area contributed by atoms with Crippen molar-refractivity contribution < 1.29 is 17.9 Å². The number of sulfone groups is 1. The van der Waals surface area contributed by atoms with Crippen molar-refractivity contribution in [1.82, 2.24) is 14.9 Å². The molecule has 4 aromatic rings. The van der Waals surface area contributed by atoms with Crippen LogP contribution in [-0.4, -0.2) is 82.1 Å². The van der Waals surface area contributed by atoms with Gasteiger partial charge in [-0.3, -0.25) is 9.69 Å². The monoisotopic (exact) mass is 575 g/mol. The third kappa shape index (κ3) is 6.13. The van der Waals surface area contributed by atoms with Crippen LogP contribution in [0.25, 0.3) is 22.0 Å². The maximum atomic E-state index is 12.9. The molecule has 0 bridgehead atoms. The molecule has 6 rings (SSSR count). The number of fused-ring (bicyclic) bond motifs is 1. The molecule has 11 heteroatoms. The molecule has 0 radical (unpaired) electrons. The normalized spacial score (nSPS) is 16.7. The number of nitrogens with zero attached hydrogens (tertiary/aromatic N) is 3. The fraction of sp³-hybridized carbons (Fsp3) is 0.333. The number of rotatable bonds is 7. The van der Waals surface area contributed by atoms with Crippen LogP contribution in [0.1, 0.15) is 5.56 Å². The number of H-pyrrole nitrogens is 1. The van der Waals surface area contributed by atoms with E-state index in [1.54, 1.807) is 12.3 Å². The predicted octanol–water partition coefficient (Wildman–Crippen LogP) is 3.41. The van der Waals surface area contributed by atoms with Crippen LogP contribution in [0.15, 0.2) is 70.5 Å². The van der Waals surface area contributed by atoms with Gasteiger partial charge in [0.15, 0.2) is 9.84 Å². The summed E-state index contributed by atoms with van der Waals surface area (Å²) in [4.78, 5) is 25.2. The zero-order valence-corrected chi connectivity index (χ0v) is 23.7. The molecule has 41 heavy (non-hydrogen) atoms. The molecule has 0 aliphatic carbocycles. The summed E-state index contributed by atoms with van der Waals surface area (Å²) in [6.07, 6.45) is 2.83. The summed E-state index contributed by atoms with van der Waals surface area (Å²) in [5.41, 5.74) is 3.60. The van der Waals surface area contributed by atoms with Gasteiger partial charge in [0.25, 0.3) is 5.56 Å². The average Bonchev–Trinajstić information content (AvgIpc) is 2.98. The van der Waals surface area contributed by atoms with Crippen LogP contribution in [0.3, 0.4) is 0 Å². The second-order valence-corrected chi connectivity index (χ2v) is 12.4. The topological polar surface area (TPSA) is 117 Å². The SMILES string of the molecule is CS(=O)(=O)c1cc(-c2cc3cc[nH]c(=O)c3c(Nc3ccc(N4CCOCC4)cc3)n2)ccc1CN1CCOCC1. The standard InChI is InChI=1S/C30H33N5O5S/c1-41(37,38)27-19-21(2-3-23(27)20-34-10-14-39-15-11-34)26-18-22-8-9-31-30(36)28(22)29(33-26)32-24-4-6-25(7-5-24)35-12-16-40-17-13-35/h2-9,18-19H,10-17,20H2,1H3,(H,31,36)(H,32,33). The number of anilines is 3. The zero-order chi connectivity index (χ0) is 28.4. The Bertz CT molecular complexity index is 1710. The molecule has 0 unspecified atom stereocenters. The third-order valence-electron chi connectivity index (χ3n) is 7.52. The molecule has 0 saturated carbocycles. The summed E-state index contributed by atoms with van der Waals surface area (Å²) in [6.45, 7) is 6.42. The van der Waals surface area contributed by atoms with Crippen LogP contribution in [0.5, 0.6) is 0 Å². The second kappa shape index (κ2) is 11.6. The van der Waals surface area contributed by atoms with Crippen LogP contribution in [-0.2, 0) is 25.9 Å². The van der Waals surface area contributed by atoms with Crippen LogP contribution in [0.4, 0.5) is 17.2 Å². The van der Waals surface area contributed by atoms with E-state index in [1.165, 1.54) is 6.26 Å². The molecule has 4 heterocycles. The highest BCUT2D eigenvalue weighted by Crippen LogP contribution is 2.31. The van der Waals surface area contributed by atoms with Gasteiger partial charge in [0, 0.05) is 62.1 Å². The Morgan fingerprint density at radius 2 is 1.63 bits per heavy atom. The molecule has 2 aromatic carbocycles. The van der Waals surface area contributed by atoms with Crippen LogP contribution in [0, 0.1) is 0 Å². The average molecular weight is 576 g/mol. The van der Waals surface area contributed by atoms with Crippen LogP contribution < -0.4 is 15.8 Å². The molecular weight excluding hydrogens is 542 g/mol. The summed E-state index contributed by atoms with van der Waals surface area (Å²) in [6, 6.07) is 17.1. The molecule has 10 nitrogen and oxygen atoms in total. The number of hydrogen-bond donors (Lipinski definition) is 2. The van der Waals surface area contributed by atoms with Gasteiger partial charge in [0.05, 0.1) is 42.4 Å². The quantitative estimate of drug-likeness (QED) is 0.342. The molecule has 0 amide bonds. The van der Waals surface area contributed by atoms with Crippen molar-refractivity contribution in [3.05, 3.63) is 76.7 Å². The van der Waals surface area contributed by atoms with Crippen molar-refractivity contribution in [3.63, 3.8) is 0 Å². The highest BCUT2D eigenvalue weighted by Gasteiger charge is 2.20. The molecule has 2 fully saturated rings. The summed E-state index contributed by atoms with van der Waals surface area (Å²) in [5.74, 6) is 0.400. The number of nitrogens with one attached hydrogen (secondary N) is 2. The van der Waals surface area contributed by atoms with E-state index < -0.39 is 9.84 Å². The zero-order valence-electron chi connectivity index (χ0n) is 22.9.